The Morgan fingerprint density at radius 1 is 1.10 bits per heavy atom. The summed E-state index contributed by atoms with van der Waals surface area (Å²) in [5.41, 5.74) is -0.893. The Balaban J connectivity index is 2.28. The zero-order valence-corrected chi connectivity index (χ0v) is 16.6. The van der Waals surface area contributed by atoms with Crippen molar-refractivity contribution in [2.45, 2.75) is 19.2 Å². The molecule has 1 unspecified atom stereocenters. The van der Waals surface area contributed by atoms with Gasteiger partial charge in [0.25, 0.3) is 0 Å². The van der Waals surface area contributed by atoms with Crippen molar-refractivity contribution in [3.63, 3.8) is 0 Å². The molecule has 0 spiro atoms. The molecule has 0 radical (unpaired) electrons. The predicted molar refractivity (Wildman–Crippen MR) is 101 cm³/mol. The largest absolute Gasteiger partial charge is 0.474 e. The summed E-state index contributed by atoms with van der Waals surface area (Å²) in [6.07, 6.45) is -6.13. The smallest absolute Gasteiger partial charge is 0.417 e. The molecule has 0 aromatic heterocycles. The Morgan fingerprint density at radius 2 is 1.79 bits per heavy atom. The van der Waals surface area contributed by atoms with E-state index in [9.17, 15) is 22.8 Å². The molecular weight excluding hydrogens is 434 g/mol. The summed E-state index contributed by atoms with van der Waals surface area (Å²) in [6.45, 7) is 1.21. The van der Waals surface area contributed by atoms with Gasteiger partial charge in [-0.2, -0.15) is 13.2 Å². The second-order valence-electron chi connectivity index (χ2n) is 5.81. The Morgan fingerprint density at radius 3 is 2.41 bits per heavy atom. The molecule has 1 atom stereocenters. The molecule has 0 fully saturated rings. The minimum Gasteiger partial charge on any atom is -0.474 e. The van der Waals surface area contributed by atoms with Crippen LogP contribution in [0.15, 0.2) is 42.5 Å². The molecule has 0 aliphatic heterocycles. The molecule has 2 aromatic carbocycles. The van der Waals surface area contributed by atoms with Gasteiger partial charge in [-0.3, -0.25) is 4.79 Å². The summed E-state index contributed by atoms with van der Waals surface area (Å²) in [6, 6.07) is 9.11. The molecule has 10 heteroatoms. The summed E-state index contributed by atoms with van der Waals surface area (Å²) in [5, 5.41) is 2.11. The molecular formula is C19H16Cl2F3NO4. The molecule has 0 saturated carbocycles. The number of esters is 1. The highest BCUT2D eigenvalue weighted by atomic mass is 35.5. The quantitative estimate of drug-likeness (QED) is 0.486. The number of hydrogen-bond donors (Lipinski definition) is 1. The molecule has 5 nitrogen and oxygen atoms in total. The number of nitrogens with one attached hydrogen (secondary N) is 1. The van der Waals surface area contributed by atoms with E-state index in [1.54, 1.807) is 12.1 Å². The Bertz CT molecular complexity index is 890. The number of halogens is 5. The molecule has 0 saturated heterocycles. The molecule has 156 valence electrons. The standard InChI is InChI=1S/C19H16Cl2F3NO4/c1-11(26)25-8-9-28-18(27)17(13-4-2-3-5-15(13)20)29-12-6-7-16(21)14(10-12)19(22,23)24/h2-7,10,17H,8-9H2,1H3,(H,25,26). The van der Waals surface area contributed by atoms with E-state index in [-0.39, 0.29) is 35.4 Å². The minimum atomic E-state index is -4.70. The van der Waals surface area contributed by atoms with Gasteiger partial charge < -0.3 is 14.8 Å². The van der Waals surface area contributed by atoms with Crippen LogP contribution in [0, 0.1) is 0 Å². The summed E-state index contributed by atoms with van der Waals surface area (Å²) in [7, 11) is 0. The summed E-state index contributed by atoms with van der Waals surface area (Å²) < 4.78 is 49.9. The molecule has 29 heavy (non-hydrogen) atoms. The second-order valence-corrected chi connectivity index (χ2v) is 6.62. The lowest BCUT2D eigenvalue weighted by atomic mass is 10.1. The van der Waals surface area contributed by atoms with Gasteiger partial charge >= 0.3 is 12.1 Å². The molecule has 2 aromatic rings. The van der Waals surface area contributed by atoms with Crippen molar-refractivity contribution in [1.29, 1.82) is 0 Å². The second kappa shape index (κ2) is 9.84. The lowest BCUT2D eigenvalue weighted by Gasteiger charge is -2.20. The van der Waals surface area contributed by atoms with Gasteiger partial charge in [-0.15, -0.1) is 0 Å². The lowest BCUT2D eigenvalue weighted by molar-refractivity contribution is -0.152. The normalized spacial score (nSPS) is 12.2. The van der Waals surface area contributed by atoms with Gasteiger partial charge in [-0.1, -0.05) is 41.4 Å². The molecule has 1 N–H and O–H groups in total. The van der Waals surface area contributed by atoms with Crippen LogP contribution >= 0.6 is 23.2 Å². The van der Waals surface area contributed by atoms with Crippen LogP contribution in [0.4, 0.5) is 13.2 Å². The van der Waals surface area contributed by atoms with Crippen LogP contribution in [0.1, 0.15) is 24.2 Å². The van der Waals surface area contributed by atoms with Gasteiger partial charge in [-0.05, 0) is 24.3 Å². The maximum atomic E-state index is 13.1. The fourth-order valence-corrected chi connectivity index (χ4v) is 2.77. The monoisotopic (exact) mass is 449 g/mol. The van der Waals surface area contributed by atoms with E-state index in [1.807, 2.05) is 0 Å². The van der Waals surface area contributed by atoms with Crippen molar-refractivity contribution in [3.8, 4) is 5.75 Å². The fourth-order valence-electron chi connectivity index (χ4n) is 2.31. The van der Waals surface area contributed by atoms with Gasteiger partial charge in [0.2, 0.25) is 12.0 Å². The first kappa shape index (κ1) is 22.8. The number of carbonyl (C=O) groups is 2. The van der Waals surface area contributed by atoms with Crippen LogP contribution in [0.3, 0.4) is 0 Å². The number of rotatable bonds is 7. The SMILES string of the molecule is CC(=O)NCCOC(=O)C(Oc1ccc(Cl)c(C(F)(F)F)c1)c1ccccc1Cl. The first-order valence-corrected chi connectivity index (χ1v) is 9.04. The van der Waals surface area contributed by atoms with E-state index in [0.717, 1.165) is 6.07 Å². The van der Waals surface area contributed by atoms with E-state index >= 15 is 0 Å². The van der Waals surface area contributed by atoms with E-state index in [1.165, 1.54) is 25.1 Å². The number of alkyl halides is 3. The van der Waals surface area contributed by atoms with Crippen LogP contribution in [-0.4, -0.2) is 25.0 Å². The third kappa shape index (κ3) is 6.54. The number of carbonyl (C=O) groups excluding carboxylic acids is 2. The third-order valence-electron chi connectivity index (χ3n) is 3.62. The highest BCUT2D eigenvalue weighted by Crippen LogP contribution is 2.38. The fraction of sp³-hybridized carbons (Fsp3) is 0.263. The number of benzene rings is 2. The van der Waals surface area contributed by atoms with Crippen molar-refractivity contribution in [2.75, 3.05) is 13.2 Å². The first-order valence-electron chi connectivity index (χ1n) is 8.28. The highest BCUT2D eigenvalue weighted by molar-refractivity contribution is 6.31. The van der Waals surface area contributed by atoms with Crippen LogP contribution in [0.5, 0.6) is 5.75 Å². The molecule has 0 heterocycles. The van der Waals surface area contributed by atoms with Crippen LogP contribution in [-0.2, 0) is 20.5 Å². The van der Waals surface area contributed by atoms with Crippen LogP contribution in [0.25, 0.3) is 0 Å². The van der Waals surface area contributed by atoms with Gasteiger partial charge in [-0.25, -0.2) is 4.79 Å². The maximum Gasteiger partial charge on any atom is 0.417 e. The van der Waals surface area contributed by atoms with Crippen LogP contribution in [0.2, 0.25) is 10.0 Å². The van der Waals surface area contributed by atoms with E-state index in [2.05, 4.69) is 5.32 Å². The minimum absolute atomic E-state index is 0.0650. The summed E-state index contributed by atoms with van der Waals surface area (Å²) >= 11 is 11.7. The molecule has 0 bridgehead atoms. The van der Waals surface area contributed by atoms with Crippen molar-refractivity contribution >= 4 is 35.1 Å². The van der Waals surface area contributed by atoms with Gasteiger partial charge in [0, 0.05) is 17.5 Å². The first-order chi connectivity index (χ1) is 13.6. The van der Waals surface area contributed by atoms with E-state index in [0.29, 0.717) is 6.07 Å². The zero-order chi connectivity index (χ0) is 21.6. The number of ether oxygens (including phenoxy) is 2. The van der Waals surface area contributed by atoms with Gasteiger partial charge in [0.15, 0.2) is 0 Å². The molecule has 1 amide bonds. The summed E-state index contributed by atoms with van der Waals surface area (Å²) in [4.78, 5) is 23.4. The van der Waals surface area contributed by atoms with Gasteiger partial charge in [0.05, 0.1) is 17.1 Å². The lowest BCUT2D eigenvalue weighted by Crippen LogP contribution is -2.28. The zero-order valence-electron chi connectivity index (χ0n) is 15.1. The average Bonchev–Trinajstić information content (AvgIpc) is 2.64. The van der Waals surface area contributed by atoms with Crippen molar-refractivity contribution in [1.82, 2.24) is 5.32 Å². The third-order valence-corrected chi connectivity index (χ3v) is 4.29. The van der Waals surface area contributed by atoms with Gasteiger partial charge in [0.1, 0.15) is 12.4 Å². The molecule has 0 aliphatic rings. The Labute approximate surface area is 174 Å². The predicted octanol–water partition coefficient (Wildman–Crippen LogP) is 4.81. The molecule has 2 rings (SSSR count). The van der Waals surface area contributed by atoms with E-state index < -0.39 is 28.8 Å². The Kier molecular flexibility index (Phi) is 7.75. The number of amides is 1. The van der Waals surface area contributed by atoms with Crippen LogP contribution < -0.4 is 10.1 Å². The Hall–Kier alpha value is -2.45. The summed E-state index contributed by atoms with van der Waals surface area (Å²) in [5.74, 6) is -1.43. The van der Waals surface area contributed by atoms with Crippen molar-refractivity contribution in [2.24, 2.45) is 0 Å². The highest BCUT2D eigenvalue weighted by Gasteiger charge is 2.34. The molecule has 0 aliphatic carbocycles. The van der Waals surface area contributed by atoms with Crippen molar-refractivity contribution < 1.29 is 32.2 Å². The average molecular weight is 450 g/mol. The van der Waals surface area contributed by atoms with E-state index in [4.69, 9.17) is 32.7 Å². The topological polar surface area (TPSA) is 64.6 Å². The number of hydrogen-bond acceptors (Lipinski definition) is 4. The maximum absolute atomic E-state index is 13.1. The van der Waals surface area contributed by atoms with Crippen molar-refractivity contribution in [3.05, 3.63) is 63.6 Å².